The van der Waals surface area contributed by atoms with Crippen molar-refractivity contribution in [2.75, 3.05) is 50.9 Å². The highest BCUT2D eigenvalue weighted by Crippen LogP contribution is 2.29. The SMILES string of the molecule is CO[C@@H]1CN(C)C(=O)c2cc(NS(=O)(=O)CC(F)(F)F)ccc2OC[C@@H](C)N(CC2CCCCC2)C[C@H]1C. The van der Waals surface area contributed by atoms with E-state index in [-0.39, 0.29) is 41.6 Å². The van der Waals surface area contributed by atoms with Crippen LogP contribution in [0.1, 0.15) is 56.3 Å². The van der Waals surface area contributed by atoms with Gasteiger partial charge in [-0.15, -0.1) is 0 Å². The molecule has 12 heteroatoms. The van der Waals surface area contributed by atoms with E-state index in [9.17, 15) is 26.4 Å². The second-order valence-corrected chi connectivity index (χ2v) is 12.5. The van der Waals surface area contributed by atoms with Gasteiger partial charge in [-0.2, -0.15) is 13.2 Å². The molecule has 1 amide bonds. The number of fused-ring (bicyclic) bond motifs is 1. The minimum absolute atomic E-state index is 0.0296. The fourth-order valence-electron chi connectivity index (χ4n) is 5.30. The molecule has 1 aromatic rings. The second-order valence-electron chi connectivity index (χ2n) is 10.7. The van der Waals surface area contributed by atoms with Crippen LogP contribution in [0.3, 0.4) is 0 Å². The first-order chi connectivity index (χ1) is 17.8. The molecule has 1 N–H and O–H groups in total. The van der Waals surface area contributed by atoms with E-state index >= 15 is 0 Å². The summed E-state index contributed by atoms with van der Waals surface area (Å²) in [5.41, 5.74) is -0.0807. The summed E-state index contributed by atoms with van der Waals surface area (Å²) < 4.78 is 75.9. The first kappa shape index (κ1) is 30.5. The quantitative estimate of drug-likeness (QED) is 0.553. The van der Waals surface area contributed by atoms with Crippen LogP contribution in [0.5, 0.6) is 5.75 Å². The number of methoxy groups -OCH3 is 1. The van der Waals surface area contributed by atoms with Crippen molar-refractivity contribution in [2.45, 2.75) is 64.3 Å². The monoisotopic (exact) mass is 563 g/mol. The minimum Gasteiger partial charge on any atom is -0.491 e. The Labute approximate surface area is 223 Å². The zero-order valence-corrected chi connectivity index (χ0v) is 23.4. The van der Waals surface area contributed by atoms with Crippen LogP contribution in [0.15, 0.2) is 18.2 Å². The van der Waals surface area contributed by atoms with E-state index in [0.717, 1.165) is 13.1 Å². The molecule has 1 aromatic carbocycles. The van der Waals surface area contributed by atoms with Crippen molar-refractivity contribution < 1.29 is 35.9 Å². The first-order valence-corrected chi connectivity index (χ1v) is 14.8. The number of halogens is 3. The molecule has 0 unspecified atom stereocenters. The lowest BCUT2D eigenvalue weighted by molar-refractivity contribution is -0.106. The maximum atomic E-state index is 13.4. The largest absolute Gasteiger partial charge is 0.491 e. The summed E-state index contributed by atoms with van der Waals surface area (Å²) in [5, 5.41) is 0. The molecule has 2 aliphatic rings. The van der Waals surface area contributed by atoms with E-state index in [0.29, 0.717) is 12.5 Å². The Balaban J connectivity index is 1.90. The highest BCUT2D eigenvalue weighted by Gasteiger charge is 2.35. The Morgan fingerprint density at radius 1 is 1.13 bits per heavy atom. The van der Waals surface area contributed by atoms with Gasteiger partial charge in [0, 0.05) is 45.5 Å². The summed E-state index contributed by atoms with van der Waals surface area (Å²) in [6.45, 7) is 6.49. The number of rotatable bonds is 6. The molecule has 3 rings (SSSR count). The second kappa shape index (κ2) is 12.9. The van der Waals surface area contributed by atoms with Gasteiger partial charge in [-0.1, -0.05) is 26.2 Å². The number of ether oxygens (including phenoxy) is 2. The van der Waals surface area contributed by atoms with Crippen molar-refractivity contribution >= 4 is 21.6 Å². The molecular weight excluding hydrogens is 523 g/mol. The van der Waals surface area contributed by atoms with Crippen LogP contribution in [-0.2, 0) is 14.8 Å². The van der Waals surface area contributed by atoms with Crippen molar-refractivity contribution in [3.8, 4) is 5.75 Å². The van der Waals surface area contributed by atoms with Gasteiger partial charge in [-0.3, -0.25) is 14.4 Å². The Kier molecular flexibility index (Phi) is 10.3. The molecule has 38 heavy (non-hydrogen) atoms. The van der Waals surface area contributed by atoms with E-state index in [2.05, 4.69) is 18.7 Å². The van der Waals surface area contributed by atoms with E-state index in [1.807, 2.05) is 4.72 Å². The van der Waals surface area contributed by atoms with Crippen LogP contribution in [0.25, 0.3) is 0 Å². The predicted octanol–water partition coefficient (Wildman–Crippen LogP) is 4.38. The number of benzene rings is 1. The third-order valence-electron chi connectivity index (χ3n) is 7.42. The van der Waals surface area contributed by atoms with Crippen molar-refractivity contribution in [3.05, 3.63) is 23.8 Å². The number of carbonyl (C=O) groups excluding carboxylic acids is 1. The highest BCUT2D eigenvalue weighted by molar-refractivity contribution is 7.92. The van der Waals surface area contributed by atoms with Crippen LogP contribution >= 0.6 is 0 Å². The van der Waals surface area contributed by atoms with Crippen LogP contribution in [0, 0.1) is 11.8 Å². The highest BCUT2D eigenvalue weighted by atomic mass is 32.2. The molecule has 0 aromatic heterocycles. The van der Waals surface area contributed by atoms with Crippen molar-refractivity contribution in [1.29, 1.82) is 0 Å². The van der Waals surface area contributed by atoms with E-state index < -0.39 is 27.9 Å². The zero-order chi connectivity index (χ0) is 28.1. The molecule has 8 nitrogen and oxygen atoms in total. The molecule has 0 bridgehead atoms. The van der Waals surface area contributed by atoms with Gasteiger partial charge in [0.25, 0.3) is 5.91 Å². The number of sulfonamides is 1. The van der Waals surface area contributed by atoms with E-state index in [4.69, 9.17) is 9.47 Å². The van der Waals surface area contributed by atoms with E-state index in [1.165, 1.54) is 55.2 Å². The molecule has 1 aliphatic heterocycles. The lowest BCUT2D eigenvalue weighted by Crippen LogP contribution is -2.48. The number of anilines is 1. The molecule has 216 valence electrons. The lowest BCUT2D eigenvalue weighted by Gasteiger charge is -2.38. The van der Waals surface area contributed by atoms with Gasteiger partial charge < -0.3 is 14.4 Å². The van der Waals surface area contributed by atoms with Gasteiger partial charge in [0.05, 0.1) is 11.7 Å². The molecule has 1 heterocycles. The number of amides is 1. The molecule has 0 radical (unpaired) electrons. The molecule has 3 atom stereocenters. The molecule has 1 aliphatic carbocycles. The van der Waals surface area contributed by atoms with E-state index in [1.54, 1.807) is 14.2 Å². The summed E-state index contributed by atoms with van der Waals surface area (Å²) in [6, 6.07) is 3.98. The number of hydrogen-bond donors (Lipinski definition) is 1. The standard InChI is InChI=1S/C26H40F3N3O5S/c1-18-13-32(14-20-8-6-5-7-9-20)19(2)16-37-23-11-10-21(30-38(34,35)17-26(27,28)29)12-22(23)25(33)31(3)15-24(18)36-4/h10-12,18-20,24,30H,5-9,13-17H2,1-4H3/t18-,19-,24-/m1/s1. The number of likely N-dealkylation sites (N-methyl/N-ethyl adjacent to an activating group) is 1. The summed E-state index contributed by atoms with van der Waals surface area (Å²) in [7, 11) is -1.48. The first-order valence-electron chi connectivity index (χ1n) is 13.1. The number of alkyl halides is 3. The zero-order valence-electron chi connectivity index (χ0n) is 22.6. The Bertz CT molecular complexity index is 1050. The van der Waals surface area contributed by atoms with Gasteiger partial charge in [0.1, 0.15) is 12.4 Å². The number of nitrogens with zero attached hydrogens (tertiary/aromatic N) is 2. The molecule has 1 saturated carbocycles. The van der Waals surface area contributed by atoms with Crippen molar-refractivity contribution in [2.24, 2.45) is 11.8 Å². The van der Waals surface area contributed by atoms with Gasteiger partial charge >= 0.3 is 6.18 Å². The minimum atomic E-state index is -4.90. The lowest BCUT2D eigenvalue weighted by atomic mass is 9.88. The molecule has 0 spiro atoms. The average Bonchev–Trinajstić information content (AvgIpc) is 2.83. The predicted molar refractivity (Wildman–Crippen MR) is 140 cm³/mol. The Morgan fingerprint density at radius 3 is 2.45 bits per heavy atom. The van der Waals surface area contributed by atoms with Crippen LogP contribution in [-0.4, -0.2) is 88.6 Å². The topological polar surface area (TPSA) is 88.2 Å². The molecule has 0 saturated heterocycles. The fraction of sp³-hybridized carbons (Fsp3) is 0.731. The molecular formula is C26H40F3N3O5S. The maximum Gasteiger partial charge on any atom is 0.404 e. The van der Waals surface area contributed by atoms with Crippen molar-refractivity contribution in [3.63, 3.8) is 0 Å². The van der Waals surface area contributed by atoms with Gasteiger partial charge in [-0.25, -0.2) is 8.42 Å². The normalized spacial score (nSPS) is 25.2. The fourth-order valence-corrected chi connectivity index (χ4v) is 6.29. The van der Waals surface area contributed by atoms with Crippen molar-refractivity contribution in [1.82, 2.24) is 9.80 Å². The third kappa shape index (κ3) is 8.74. The smallest absolute Gasteiger partial charge is 0.404 e. The van der Waals surface area contributed by atoms with Gasteiger partial charge in [0.15, 0.2) is 5.75 Å². The summed E-state index contributed by atoms with van der Waals surface area (Å²) in [6.07, 6.45) is 1.04. The van der Waals surface area contributed by atoms with Crippen LogP contribution < -0.4 is 9.46 Å². The summed E-state index contributed by atoms with van der Waals surface area (Å²) in [5.74, 6) is -1.49. The average molecular weight is 564 g/mol. The Morgan fingerprint density at radius 2 is 1.82 bits per heavy atom. The Hall–Kier alpha value is -2.05. The van der Waals surface area contributed by atoms with Gasteiger partial charge in [-0.05, 0) is 49.8 Å². The number of carbonyl (C=O) groups is 1. The summed E-state index contributed by atoms with van der Waals surface area (Å²) >= 11 is 0. The maximum absolute atomic E-state index is 13.4. The summed E-state index contributed by atoms with van der Waals surface area (Å²) in [4.78, 5) is 17.3. The number of nitrogens with one attached hydrogen (secondary N) is 1. The van der Waals surface area contributed by atoms with Crippen LogP contribution in [0.4, 0.5) is 18.9 Å². The molecule has 1 fully saturated rings. The number of hydrogen-bond acceptors (Lipinski definition) is 6. The van der Waals surface area contributed by atoms with Crippen LogP contribution in [0.2, 0.25) is 0 Å². The van der Waals surface area contributed by atoms with Gasteiger partial charge in [0.2, 0.25) is 10.0 Å². The third-order valence-corrected chi connectivity index (χ3v) is 8.67.